The van der Waals surface area contributed by atoms with Gasteiger partial charge in [-0.2, -0.15) is 0 Å². The third-order valence-electron chi connectivity index (χ3n) is 9.31. The number of aliphatic hydroxyl groups is 2. The molecule has 0 aliphatic carbocycles. The average molecular weight is 643 g/mol. The van der Waals surface area contributed by atoms with E-state index in [1.807, 2.05) is 6.07 Å². The molecule has 7 rings (SSSR count). The molecule has 4 atom stereocenters. The van der Waals surface area contributed by atoms with E-state index in [1.165, 1.54) is 17.0 Å². The molecule has 5 aliphatic heterocycles. The topological polar surface area (TPSA) is 213 Å². The molecule has 3 fully saturated rings. The first kappa shape index (κ1) is 29.8. The summed E-state index contributed by atoms with van der Waals surface area (Å²) < 4.78 is 41.5. The van der Waals surface area contributed by atoms with E-state index in [1.54, 1.807) is 12.1 Å². The Kier molecular flexibility index (Phi) is 6.35. The molecular formula is C29H32F2N8O7. The number of halogens is 2. The van der Waals surface area contributed by atoms with Crippen LogP contribution >= 0.6 is 0 Å². The summed E-state index contributed by atoms with van der Waals surface area (Å²) in [6, 6.07) is 5.53. The lowest BCUT2D eigenvalue weighted by molar-refractivity contribution is -0.286. The number of carbonyl (C=O) groups excluding carboxylic acids is 2. The van der Waals surface area contributed by atoms with Gasteiger partial charge in [-0.3, -0.25) is 20.4 Å². The van der Waals surface area contributed by atoms with Crippen molar-refractivity contribution in [3.05, 3.63) is 53.1 Å². The number of rotatable bonds is 5. The van der Waals surface area contributed by atoms with Gasteiger partial charge in [0.2, 0.25) is 5.79 Å². The zero-order chi connectivity index (χ0) is 32.8. The number of hydrogen-bond donors (Lipinski definition) is 9. The quantitative estimate of drug-likeness (QED) is 0.193. The summed E-state index contributed by atoms with van der Waals surface area (Å²) >= 11 is 0. The van der Waals surface area contributed by atoms with Gasteiger partial charge >= 0.3 is 6.29 Å². The number of ether oxygens (including phenoxy) is 3. The van der Waals surface area contributed by atoms with Crippen LogP contribution in [0.2, 0.25) is 0 Å². The van der Waals surface area contributed by atoms with Gasteiger partial charge in [0.05, 0.1) is 24.3 Å². The van der Waals surface area contributed by atoms with Crippen molar-refractivity contribution >= 4 is 23.7 Å². The molecule has 0 saturated carbocycles. The van der Waals surface area contributed by atoms with Gasteiger partial charge in [0, 0.05) is 24.2 Å². The highest BCUT2D eigenvalue weighted by Gasteiger charge is 2.74. The Morgan fingerprint density at radius 2 is 1.85 bits per heavy atom. The maximum atomic E-state index is 13.6. The first-order valence-electron chi connectivity index (χ1n) is 14.6. The van der Waals surface area contributed by atoms with Crippen LogP contribution in [-0.2, 0) is 5.41 Å². The summed E-state index contributed by atoms with van der Waals surface area (Å²) in [5.74, 6) is -4.64. The van der Waals surface area contributed by atoms with Crippen molar-refractivity contribution in [1.29, 1.82) is 10.8 Å². The van der Waals surface area contributed by atoms with E-state index in [4.69, 9.17) is 15.6 Å². The monoisotopic (exact) mass is 642 g/mol. The lowest BCUT2D eigenvalue weighted by Crippen LogP contribution is -2.81. The van der Waals surface area contributed by atoms with Crippen molar-refractivity contribution in [3.63, 3.8) is 0 Å². The van der Waals surface area contributed by atoms with Crippen molar-refractivity contribution in [2.45, 2.75) is 61.6 Å². The smallest absolute Gasteiger partial charge is 0.492 e. The number of nitrogens with one attached hydrogen (secondary N) is 7. The third-order valence-corrected chi connectivity index (χ3v) is 9.31. The fourth-order valence-corrected chi connectivity index (χ4v) is 6.93. The molecule has 2 aromatic carbocycles. The summed E-state index contributed by atoms with van der Waals surface area (Å²) in [6.07, 6.45) is -3.08. The minimum Gasteiger partial charge on any atom is -0.492 e. The second-order valence-electron chi connectivity index (χ2n) is 12.6. The van der Waals surface area contributed by atoms with E-state index in [0.717, 1.165) is 18.1 Å². The molecule has 0 radical (unpaired) electrons. The van der Waals surface area contributed by atoms with E-state index >= 15 is 0 Å². The fourth-order valence-electron chi connectivity index (χ4n) is 6.93. The Morgan fingerprint density at radius 1 is 1.09 bits per heavy atom. The van der Waals surface area contributed by atoms with Crippen molar-refractivity contribution in [3.8, 4) is 17.2 Å². The van der Waals surface area contributed by atoms with Crippen LogP contribution in [0, 0.1) is 10.8 Å². The number of guanidine groups is 2. The van der Waals surface area contributed by atoms with Gasteiger partial charge < -0.3 is 55.9 Å². The van der Waals surface area contributed by atoms with E-state index in [2.05, 4.69) is 49.9 Å². The molecule has 17 heteroatoms. The third kappa shape index (κ3) is 4.36. The number of carbonyl (C=O) groups is 2. The molecule has 0 bridgehead atoms. The highest BCUT2D eigenvalue weighted by molar-refractivity contribution is 5.98. The maximum absolute atomic E-state index is 13.6. The van der Waals surface area contributed by atoms with Crippen molar-refractivity contribution in [2.75, 3.05) is 19.7 Å². The molecule has 5 heterocycles. The Balaban J connectivity index is 1.11. The SMILES string of the molecule is CC1(C)CCOc2c(C(=O)N[C@H]3CN4C(=N)N[C@@H](CNC(=O)c5ccc6c(c5)OC(F)(F)O6)[C@@H]5NC(=N)N[C@@]54C3(O)O)cccc21. The molecule has 9 N–H and O–H groups in total. The number of para-hydroxylation sites is 1. The standard InChI is InChI=1S/C29H32F2N8O7/c1-26(2)8-9-44-20-14(4-3-5-15(20)26)23(41)36-19-12-39-25(33)35-16(21-27(39,28(19,42)43)38-24(32)37-21)11-34-22(40)13-6-7-17-18(10-13)46-29(30,31)45-17/h3-7,10,16,19,21,42-43H,8-9,11-12H2,1-2H3,(H2,33,35)(H,34,40)(H,36,41)(H3,32,37,38)/t16-,19-,21-,27-/m0/s1. The van der Waals surface area contributed by atoms with E-state index in [9.17, 15) is 28.6 Å². The number of alkyl halides is 2. The maximum Gasteiger partial charge on any atom is 0.586 e. The molecular weight excluding hydrogens is 610 g/mol. The van der Waals surface area contributed by atoms with E-state index in [-0.39, 0.29) is 53.0 Å². The van der Waals surface area contributed by atoms with Crippen molar-refractivity contribution < 1.29 is 42.8 Å². The Hall–Kier alpha value is -4.90. The van der Waals surface area contributed by atoms with Gasteiger partial charge in [0.25, 0.3) is 11.8 Å². The number of nitrogens with zero attached hydrogens (tertiary/aromatic N) is 1. The molecule has 15 nitrogen and oxygen atoms in total. The van der Waals surface area contributed by atoms with Crippen LogP contribution in [0.1, 0.15) is 46.5 Å². The van der Waals surface area contributed by atoms with E-state index < -0.39 is 47.7 Å². The zero-order valence-corrected chi connectivity index (χ0v) is 24.7. The van der Waals surface area contributed by atoms with Gasteiger partial charge in [-0.1, -0.05) is 26.0 Å². The summed E-state index contributed by atoms with van der Waals surface area (Å²) in [5.41, 5.74) is -1.06. The second kappa shape index (κ2) is 9.80. The van der Waals surface area contributed by atoms with Gasteiger partial charge in [0.1, 0.15) is 11.8 Å². The predicted octanol–water partition coefficient (Wildman–Crippen LogP) is -0.308. The molecule has 2 amide bonds. The predicted molar refractivity (Wildman–Crippen MR) is 155 cm³/mol. The summed E-state index contributed by atoms with van der Waals surface area (Å²) in [4.78, 5) is 27.9. The molecule has 1 spiro atoms. The number of fused-ring (bicyclic) bond motifs is 2. The molecule has 0 unspecified atom stereocenters. The van der Waals surface area contributed by atoms with Gasteiger partial charge in [-0.25, -0.2) is 0 Å². The van der Waals surface area contributed by atoms with Crippen LogP contribution in [-0.4, -0.2) is 94.4 Å². The summed E-state index contributed by atoms with van der Waals surface area (Å²) in [6.45, 7) is 4.12. The average Bonchev–Trinajstić information content (AvgIpc) is 3.58. The molecule has 3 saturated heterocycles. The summed E-state index contributed by atoms with van der Waals surface area (Å²) in [7, 11) is 0. The van der Waals surface area contributed by atoms with Crippen molar-refractivity contribution in [2.24, 2.45) is 0 Å². The summed E-state index contributed by atoms with van der Waals surface area (Å²) in [5, 5.41) is 54.4. The number of amides is 2. The van der Waals surface area contributed by atoms with Crippen LogP contribution in [0.5, 0.6) is 17.2 Å². The minimum atomic E-state index is -3.85. The van der Waals surface area contributed by atoms with Crippen LogP contribution in [0.15, 0.2) is 36.4 Å². The van der Waals surface area contributed by atoms with Gasteiger partial charge in [0.15, 0.2) is 29.1 Å². The molecule has 2 aromatic rings. The molecule has 5 aliphatic rings. The van der Waals surface area contributed by atoms with Crippen LogP contribution in [0.4, 0.5) is 8.78 Å². The van der Waals surface area contributed by atoms with E-state index in [0.29, 0.717) is 12.4 Å². The first-order valence-corrected chi connectivity index (χ1v) is 14.6. The largest absolute Gasteiger partial charge is 0.586 e. The lowest BCUT2D eigenvalue weighted by atomic mass is 9.79. The van der Waals surface area contributed by atoms with Crippen molar-refractivity contribution in [1.82, 2.24) is 31.5 Å². The lowest BCUT2D eigenvalue weighted by Gasteiger charge is -2.51. The van der Waals surface area contributed by atoms with Crippen LogP contribution < -0.4 is 40.8 Å². The first-order chi connectivity index (χ1) is 21.6. The van der Waals surface area contributed by atoms with Crippen LogP contribution in [0.3, 0.4) is 0 Å². The van der Waals surface area contributed by atoms with Crippen LogP contribution in [0.25, 0.3) is 0 Å². The number of benzene rings is 2. The normalized spacial score (nSPS) is 28.8. The number of hydrogen-bond acceptors (Lipinski definition) is 9. The second-order valence-corrected chi connectivity index (χ2v) is 12.6. The minimum absolute atomic E-state index is 0.00898. The zero-order valence-electron chi connectivity index (χ0n) is 24.7. The highest BCUT2D eigenvalue weighted by atomic mass is 19.3. The molecule has 244 valence electrons. The fraction of sp³-hybridized carbons (Fsp3) is 0.448. The Bertz CT molecular complexity index is 1690. The highest BCUT2D eigenvalue weighted by Crippen LogP contribution is 2.44. The molecule has 0 aromatic heterocycles. The Labute approximate surface area is 260 Å². The molecule has 46 heavy (non-hydrogen) atoms. The Morgan fingerprint density at radius 3 is 2.63 bits per heavy atom. The van der Waals surface area contributed by atoms with Gasteiger partial charge in [-0.05, 0) is 36.1 Å². The van der Waals surface area contributed by atoms with Gasteiger partial charge in [-0.15, -0.1) is 8.78 Å².